The van der Waals surface area contributed by atoms with Crippen molar-refractivity contribution in [2.75, 3.05) is 36.0 Å². The number of ketones is 1. The average molecular weight is 352 g/mol. The molecule has 0 atom stereocenters. The first-order valence-corrected chi connectivity index (χ1v) is 8.89. The molecule has 26 heavy (non-hydrogen) atoms. The SMILES string of the molecule is CCN(C(=O)CN1CCOc2ccc(C(C)=O)cc21)c1cccc(C)c1. The summed E-state index contributed by atoms with van der Waals surface area (Å²) >= 11 is 0. The van der Waals surface area contributed by atoms with Crippen LogP contribution in [-0.2, 0) is 4.79 Å². The maximum absolute atomic E-state index is 13.0. The Morgan fingerprint density at radius 2 is 2.00 bits per heavy atom. The Labute approximate surface area is 154 Å². The van der Waals surface area contributed by atoms with Crippen LogP contribution in [0.3, 0.4) is 0 Å². The van der Waals surface area contributed by atoms with Gasteiger partial charge in [-0.15, -0.1) is 0 Å². The predicted octanol–water partition coefficient (Wildman–Crippen LogP) is 3.45. The summed E-state index contributed by atoms with van der Waals surface area (Å²) in [6.45, 7) is 7.52. The number of aryl methyl sites for hydroxylation is 1. The fourth-order valence-electron chi connectivity index (χ4n) is 3.20. The zero-order valence-corrected chi connectivity index (χ0v) is 15.5. The third kappa shape index (κ3) is 3.72. The number of anilines is 2. The van der Waals surface area contributed by atoms with Gasteiger partial charge >= 0.3 is 0 Å². The summed E-state index contributed by atoms with van der Waals surface area (Å²) in [5, 5.41) is 0. The van der Waals surface area contributed by atoms with E-state index >= 15 is 0 Å². The maximum Gasteiger partial charge on any atom is 0.246 e. The van der Waals surface area contributed by atoms with Crippen molar-refractivity contribution in [1.82, 2.24) is 0 Å². The first kappa shape index (κ1) is 18.0. The lowest BCUT2D eigenvalue weighted by Crippen LogP contribution is -2.43. The molecule has 2 aromatic carbocycles. The van der Waals surface area contributed by atoms with Crippen molar-refractivity contribution < 1.29 is 14.3 Å². The highest BCUT2D eigenvalue weighted by molar-refractivity contribution is 5.98. The van der Waals surface area contributed by atoms with Crippen molar-refractivity contribution in [3.05, 3.63) is 53.6 Å². The van der Waals surface area contributed by atoms with E-state index < -0.39 is 0 Å². The molecule has 1 aliphatic heterocycles. The summed E-state index contributed by atoms with van der Waals surface area (Å²) in [7, 11) is 0. The zero-order valence-electron chi connectivity index (χ0n) is 15.5. The highest BCUT2D eigenvalue weighted by atomic mass is 16.5. The Hall–Kier alpha value is -2.82. The van der Waals surface area contributed by atoms with Gasteiger partial charge in [0, 0.05) is 17.8 Å². The minimum atomic E-state index is -0.000375. The molecular weight excluding hydrogens is 328 g/mol. The van der Waals surface area contributed by atoms with Gasteiger partial charge in [-0.2, -0.15) is 0 Å². The normalized spacial score (nSPS) is 13.0. The van der Waals surface area contributed by atoms with Gasteiger partial charge in [-0.25, -0.2) is 0 Å². The second-order valence-corrected chi connectivity index (χ2v) is 6.49. The lowest BCUT2D eigenvalue weighted by atomic mass is 10.1. The van der Waals surface area contributed by atoms with E-state index in [2.05, 4.69) is 0 Å². The first-order valence-electron chi connectivity index (χ1n) is 8.89. The van der Waals surface area contributed by atoms with E-state index in [4.69, 9.17) is 4.74 Å². The number of fused-ring (bicyclic) bond motifs is 1. The van der Waals surface area contributed by atoms with Crippen molar-refractivity contribution in [3.8, 4) is 5.75 Å². The fraction of sp³-hybridized carbons (Fsp3) is 0.333. The number of ether oxygens (including phenoxy) is 1. The number of rotatable bonds is 5. The molecule has 1 amide bonds. The van der Waals surface area contributed by atoms with Gasteiger partial charge in [0.25, 0.3) is 0 Å². The Bertz CT molecular complexity index is 832. The van der Waals surface area contributed by atoms with Gasteiger partial charge < -0.3 is 14.5 Å². The second kappa shape index (κ2) is 7.60. The van der Waals surface area contributed by atoms with Gasteiger partial charge in [0.05, 0.1) is 18.8 Å². The third-order valence-electron chi connectivity index (χ3n) is 4.58. The van der Waals surface area contributed by atoms with Crippen LogP contribution < -0.4 is 14.5 Å². The van der Waals surface area contributed by atoms with Crippen LogP contribution in [0, 0.1) is 6.92 Å². The lowest BCUT2D eigenvalue weighted by Gasteiger charge is -2.33. The highest BCUT2D eigenvalue weighted by Gasteiger charge is 2.24. The van der Waals surface area contributed by atoms with E-state index in [0.29, 0.717) is 31.0 Å². The van der Waals surface area contributed by atoms with Crippen LogP contribution in [0.5, 0.6) is 5.75 Å². The van der Waals surface area contributed by atoms with Gasteiger partial charge in [-0.05, 0) is 56.7 Å². The molecule has 0 fully saturated rings. The van der Waals surface area contributed by atoms with Gasteiger partial charge in [0.2, 0.25) is 5.91 Å². The van der Waals surface area contributed by atoms with Gasteiger partial charge in [-0.3, -0.25) is 9.59 Å². The minimum absolute atomic E-state index is 0.000375. The average Bonchev–Trinajstić information content (AvgIpc) is 2.62. The molecule has 136 valence electrons. The largest absolute Gasteiger partial charge is 0.490 e. The molecule has 0 N–H and O–H groups in total. The molecule has 0 unspecified atom stereocenters. The summed E-state index contributed by atoms with van der Waals surface area (Å²) in [6, 6.07) is 13.3. The molecule has 0 aromatic heterocycles. The smallest absolute Gasteiger partial charge is 0.246 e. The number of amides is 1. The van der Waals surface area contributed by atoms with Crippen molar-refractivity contribution >= 4 is 23.1 Å². The molecule has 0 aliphatic carbocycles. The number of carbonyl (C=O) groups is 2. The van der Waals surface area contributed by atoms with E-state index in [1.165, 1.54) is 6.92 Å². The van der Waals surface area contributed by atoms with Crippen LogP contribution in [-0.4, -0.2) is 37.9 Å². The number of hydrogen-bond acceptors (Lipinski definition) is 4. The van der Waals surface area contributed by atoms with Crippen molar-refractivity contribution in [3.63, 3.8) is 0 Å². The number of carbonyl (C=O) groups excluding carboxylic acids is 2. The molecule has 1 heterocycles. The number of hydrogen-bond donors (Lipinski definition) is 0. The van der Waals surface area contributed by atoms with E-state index in [1.807, 2.05) is 49.1 Å². The molecule has 0 saturated heterocycles. The van der Waals surface area contributed by atoms with E-state index in [9.17, 15) is 9.59 Å². The van der Waals surface area contributed by atoms with Crippen LogP contribution >= 0.6 is 0 Å². The van der Waals surface area contributed by atoms with E-state index in [1.54, 1.807) is 17.0 Å². The molecule has 0 bridgehead atoms. The van der Waals surface area contributed by atoms with Crippen LogP contribution in [0.2, 0.25) is 0 Å². The predicted molar refractivity (Wildman–Crippen MR) is 103 cm³/mol. The molecule has 1 aliphatic rings. The molecule has 5 nitrogen and oxygen atoms in total. The number of nitrogens with zero attached hydrogens (tertiary/aromatic N) is 2. The second-order valence-electron chi connectivity index (χ2n) is 6.49. The Balaban J connectivity index is 1.84. The molecule has 5 heteroatoms. The van der Waals surface area contributed by atoms with Gasteiger partial charge in [0.15, 0.2) is 5.78 Å². The zero-order chi connectivity index (χ0) is 18.7. The number of benzene rings is 2. The number of likely N-dealkylation sites (N-methyl/N-ethyl adjacent to an activating group) is 1. The standard InChI is InChI=1S/C21H24N2O3/c1-4-23(18-7-5-6-15(2)12-18)21(25)14-22-10-11-26-20-9-8-17(16(3)24)13-19(20)22/h5-9,12-13H,4,10-11,14H2,1-3H3. The molecule has 0 radical (unpaired) electrons. The molecule has 3 rings (SSSR count). The molecule has 2 aromatic rings. The third-order valence-corrected chi connectivity index (χ3v) is 4.58. The quantitative estimate of drug-likeness (QED) is 0.774. The topological polar surface area (TPSA) is 49.9 Å². The monoisotopic (exact) mass is 352 g/mol. The summed E-state index contributed by atoms with van der Waals surface area (Å²) in [5.74, 6) is 0.742. The van der Waals surface area contributed by atoms with Crippen molar-refractivity contribution in [2.45, 2.75) is 20.8 Å². The molecule has 0 spiro atoms. The first-order chi connectivity index (χ1) is 12.5. The summed E-state index contributed by atoms with van der Waals surface area (Å²) in [6.07, 6.45) is 0. The van der Waals surface area contributed by atoms with Crippen LogP contribution in [0.15, 0.2) is 42.5 Å². The molecule has 0 saturated carbocycles. The Morgan fingerprint density at radius 3 is 2.69 bits per heavy atom. The van der Waals surface area contributed by atoms with E-state index in [-0.39, 0.29) is 18.2 Å². The van der Waals surface area contributed by atoms with Gasteiger partial charge in [-0.1, -0.05) is 12.1 Å². The Kier molecular flexibility index (Phi) is 5.26. The molecular formula is C21H24N2O3. The van der Waals surface area contributed by atoms with Crippen molar-refractivity contribution in [2.24, 2.45) is 0 Å². The summed E-state index contributed by atoms with van der Waals surface area (Å²) in [4.78, 5) is 28.4. The summed E-state index contributed by atoms with van der Waals surface area (Å²) < 4.78 is 5.68. The van der Waals surface area contributed by atoms with Crippen LogP contribution in [0.4, 0.5) is 11.4 Å². The number of Topliss-reactive ketones (excluding diaryl/α,β-unsaturated/α-hetero) is 1. The Morgan fingerprint density at radius 1 is 1.19 bits per heavy atom. The van der Waals surface area contributed by atoms with Crippen LogP contribution in [0.25, 0.3) is 0 Å². The highest BCUT2D eigenvalue weighted by Crippen LogP contribution is 2.32. The minimum Gasteiger partial charge on any atom is -0.490 e. The van der Waals surface area contributed by atoms with Crippen molar-refractivity contribution in [1.29, 1.82) is 0 Å². The maximum atomic E-state index is 13.0. The summed E-state index contributed by atoms with van der Waals surface area (Å²) in [5.41, 5.74) is 3.45. The van der Waals surface area contributed by atoms with E-state index in [0.717, 1.165) is 16.9 Å². The van der Waals surface area contributed by atoms with Gasteiger partial charge in [0.1, 0.15) is 12.4 Å². The fourth-order valence-corrected chi connectivity index (χ4v) is 3.20. The lowest BCUT2D eigenvalue weighted by molar-refractivity contribution is -0.117. The van der Waals surface area contributed by atoms with Crippen LogP contribution in [0.1, 0.15) is 29.8 Å².